The standard InChI is InChI=1S/C22H24N4O/c1-22(26-15-20(23)24-16-26,21(27)25-13-5-6-14-25)19-11-9-18(10-12-19)17-7-3-2-4-8-17/h2-4,7-12,15-16H,5-6,13-14,23H2,1H3. The van der Waals surface area contributed by atoms with Gasteiger partial charge in [-0.1, -0.05) is 54.6 Å². The molecule has 27 heavy (non-hydrogen) atoms. The number of carbonyl (C=O) groups is 1. The summed E-state index contributed by atoms with van der Waals surface area (Å²) in [5.74, 6) is 0.501. The van der Waals surface area contributed by atoms with Crippen LogP contribution in [0.5, 0.6) is 0 Å². The minimum atomic E-state index is -0.871. The number of aromatic nitrogens is 2. The van der Waals surface area contributed by atoms with E-state index in [2.05, 4.69) is 29.2 Å². The van der Waals surface area contributed by atoms with Gasteiger partial charge >= 0.3 is 0 Å². The van der Waals surface area contributed by atoms with E-state index < -0.39 is 5.54 Å². The quantitative estimate of drug-likeness (QED) is 0.774. The zero-order chi connectivity index (χ0) is 18.9. The fraction of sp³-hybridized carbons (Fsp3) is 0.273. The Morgan fingerprint density at radius 3 is 2.22 bits per heavy atom. The highest BCUT2D eigenvalue weighted by atomic mass is 16.2. The van der Waals surface area contributed by atoms with Crippen LogP contribution in [0.15, 0.2) is 67.1 Å². The van der Waals surface area contributed by atoms with Crippen LogP contribution >= 0.6 is 0 Å². The third-order valence-electron chi connectivity index (χ3n) is 5.48. The van der Waals surface area contributed by atoms with Crippen LogP contribution in [0.2, 0.25) is 0 Å². The lowest BCUT2D eigenvalue weighted by atomic mass is 9.88. The second-order valence-electron chi connectivity index (χ2n) is 7.22. The van der Waals surface area contributed by atoms with Crippen molar-refractivity contribution < 1.29 is 4.79 Å². The second kappa shape index (κ2) is 6.91. The van der Waals surface area contributed by atoms with E-state index in [1.807, 2.05) is 46.7 Å². The summed E-state index contributed by atoms with van der Waals surface area (Å²) in [5, 5.41) is 0. The number of carbonyl (C=O) groups excluding carboxylic acids is 1. The lowest BCUT2D eigenvalue weighted by Gasteiger charge is -2.34. The number of hydrogen-bond donors (Lipinski definition) is 1. The van der Waals surface area contributed by atoms with E-state index in [0.29, 0.717) is 5.82 Å². The molecule has 2 heterocycles. The van der Waals surface area contributed by atoms with Gasteiger partial charge in [-0.15, -0.1) is 0 Å². The molecule has 5 heteroatoms. The van der Waals surface area contributed by atoms with Gasteiger partial charge in [-0.3, -0.25) is 4.79 Å². The van der Waals surface area contributed by atoms with E-state index in [9.17, 15) is 4.79 Å². The van der Waals surface area contributed by atoms with E-state index in [4.69, 9.17) is 5.73 Å². The van der Waals surface area contributed by atoms with Crippen molar-refractivity contribution in [2.75, 3.05) is 18.8 Å². The Hall–Kier alpha value is -3.08. The summed E-state index contributed by atoms with van der Waals surface area (Å²) >= 11 is 0. The molecule has 4 rings (SSSR count). The molecule has 1 aliphatic heterocycles. The number of imidazole rings is 1. The van der Waals surface area contributed by atoms with Gasteiger partial charge in [-0.2, -0.15) is 0 Å². The first-order chi connectivity index (χ1) is 13.1. The predicted octanol–water partition coefficient (Wildman–Crippen LogP) is 3.52. The number of hydrogen-bond acceptors (Lipinski definition) is 3. The fourth-order valence-corrected chi connectivity index (χ4v) is 3.81. The third-order valence-corrected chi connectivity index (χ3v) is 5.48. The molecule has 2 N–H and O–H groups in total. The average Bonchev–Trinajstić information content (AvgIpc) is 3.40. The van der Waals surface area contributed by atoms with Crippen LogP contribution < -0.4 is 5.73 Å². The van der Waals surface area contributed by atoms with Crippen molar-refractivity contribution in [1.29, 1.82) is 0 Å². The van der Waals surface area contributed by atoms with Crippen LogP contribution in [0.4, 0.5) is 5.82 Å². The van der Waals surface area contributed by atoms with Gasteiger partial charge in [0, 0.05) is 19.3 Å². The number of rotatable bonds is 4. The van der Waals surface area contributed by atoms with Gasteiger partial charge in [0.05, 0.1) is 6.33 Å². The zero-order valence-electron chi connectivity index (χ0n) is 15.5. The van der Waals surface area contributed by atoms with Crippen molar-refractivity contribution in [2.24, 2.45) is 0 Å². The van der Waals surface area contributed by atoms with E-state index in [-0.39, 0.29) is 5.91 Å². The van der Waals surface area contributed by atoms with Crippen molar-refractivity contribution in [3.8, 4) is 11.1 Å². The summed E-state index contributed by atoms with van der Waals surface area (Å²) in [6.07, 6.45) is 5.50. The Morgan fingerprint density at radius 1 is 1.00 bits per heavy atom. The second-order valence-corrected chi connectivity index (χ2v) is 7.22. The SMILES string of the molecule is CC(C(=O)N1CCCC1)(c1ccc(-c2ccccc2)cc1)n1cnc(N)c1. The van der Waals surface area contributed by atoms with Gasteiger partial charge < -0.3 is 15.2 Å². The Bertz CT molecular complexity index is 926. The summed E-state index contributed by atoms with van der Waals surface area (Å²) in [6.45, 7) is 3.56. The Labute approximate surface area is 159 Å². The number of likely N-dealkylation sites (tertiary alicyclic amines) is 1. The van der Waals surface area contributed by atoms with Crippen LogP contribution in [-0.4, -0.2) is 33.4 Å². The van der Waals surface area contributed by atoms with Crippen LogP contribution in [0.25, 0.3) is 11.1 Å². The van der Waals surface area contributed by atoms with Gasteiger partial charge in [0.1, 0.15) is 11.4 Å². The largest absolute Gasteiger partial charge is 0.382 e. The molecule has 138 valence electrons. The minimum absolute atomic E-state index is 0.0878. The fourth-order valence-electron chi connectivity index (χ4n) is 3.81. The lowest BCUT2D eigenvalue weighted by Crippen LogP contribution is -2.48. The zero-order valence-corrected chi connectivity index (χ0v) is 15.5. The number of nitrogens with two attached hydrogens (primary N) is 1. The minimum Gasteiger partial charge on any atom is -0.382 e. The monoisotopic (exact) mass is 360 g/mol. The maximum absolute atomic E-state index is 13.5. The van der Waals surface area contributed by atoms with E-state index in [1.54, 1.807) is 12.5 Å². The maximum Gasteiger partial charge on any atom is 0.253 e. The topological polar surface area (TPSA) is 64.2 Å². The van der Waals surface area contributed by atoms with Crippen molar-refractivity contribution in [3.05, 3.63) is 72.7 Å². The molecule has 1 fully saturated rings. The first-order valence-corrected chi connectivity index (χ1v) is 9.34. The molecule has 0 spiro atoms. The molecule has 5 nitrogen and oxygen atoms in total. The van der Waals surface area contributed by atoms with Crippen molar-refractivity contribution >= 4 is 11.7 Å². The Morgan fingerprint density at radius 2 is 1.63 bits per heavy atom. The first-order valence-electron chi connectivity index (χ1n) is 9.34. The Balaban J connectivity index is 1.75. The maximum atomic E-state index is 13.5. The molecule has 1 aromatic heterocycles. The lowest BCUT2D eigenvalue weighted by molar-refractivity contribution is -0.137. The molecule has 3 aromatic rings. The number of anilines is 1. The van der Waals surface area contributed by atoms with E-state index >= 15 is 0 Å². The van der Waals surface area contributed by atoms with Gasteiger partial charge in [0.2, 0.25) is 0 Å². The molecule has 0 bridgehead atoms. The molecule has 0 aliphatic carbocycles. The molecule has 0 radical (unpaired) electrons. The summed E-state index contributed by atoms with van der Waals surface area (Å²) < 4.78 is 1.83. The first kappa shape index (κ1) is 17.3. The molecule has 1 aliphatic rings. The van der Waals surface area contributed by atoms with E-state index in [0.717, 1.165) is 42.6 Å². The van der Waals surface area contributed by atoms with Gasteiger partial charge in [0.15, 0.2) is 0 Å². The summed E-state index contributed by atoms with van der Waals surface area (Å²) in [6, 6.07) is 18.4. The third kappa shape index (κ3) is 3.10. The molecular weight excluding hydrogens is 336 g/mol. The van der Waals surface area contributed by atoms with Gasteiger partial charge in [-0.25, -0.2) is 4.98 Å². The Kier molecular flexibility index (Phi) is 4.44. The highest BCUT2D eigenvalue weighted by molar-refractivity contribution is 5.88. The normalized spacial score (nSPS) is 16.3. The van der Waals surface area contributed by atoms with Crippen LogP contribution in [0.3, 0.4) is 0 Å². The predicted molar refractivity (Wildman–Crippen MR) is 107 cm³/mol. The smallest absolute Gasteiger partial charge is 0.253 e. The number of amides is 1. The molecule has 1 unspecified atom stereocenters. The van der Waals surface area contributed by atoms with Crippen molar-refractivity contribution in [1.82, 2.24) is 14.5 Å². The highest BCUT2D eigenvalue weighted by Gasteiger charge is 2.41. The van der Waals surface area contributed by atoms with Gasteiger partial charge in [0.25, 0.3) is 5.91 Å². The molecule has 1 saturated heterocycles. The molecule has 2 aromatic carbocycles. The average molecular weight is 360 g/mol. The van der Waals surface area contributed by atoms with Crippen LogP contribution in [-0.2, 0) is 10.3 Å². The summed E-state index contributed by atoms with van der Waals surface area (Å²) in [4.78, 5) is 19.6. The number of nitrogens with zero attached hydrogens (tertiary/aromatic N) is 3. The summed E-state index contributed by atoms with van der Waals surface area (Å²) in [7, 11) is 0. The van der Waals surface area contributed by atoms with Crippen molar-refractivity contribution in [2.45, 2.75) is 25.3 Å². The molecular formula is C22H24N4O. The molecule has 0 saturated carbocycles. The molecule has 1 amide bonds. The number of nitrogen functional groups attached to an aromatic ring is 1. The summed E-state index contributed by atoms with van der Waals surface area (Å²) in [5.41, 5.74) is 8.19. The highest BCUT2D eigenvalue weighted by Crippen LogP contribution is 2.32. The molecule has 1 atom stereocenters. The number of benzene rings is 2. The van der Waals surface area contributed by atoms with E-state index in [1.165, 1.54) is 0 Å². The van der Waals surface area contributed by atoms with Gasteiger partial charge in [-0.05, 0) is 36.5 Å². The van der Waals surface area contributed by atoms with Crippen LogP contribution in [0.1, 0.15) is 25.3 Å². The van der Waals surface area contributed by atoms with Crippen LogP contribution in [0, 0.1) is 0 Å². The van der Waals surface area contributed by atoms with Crippen molar-refractivity contribution in [3.63, 3.8) is 0 Å².